The number of halogens is 1. The minimum atomic E-state index is -0.896. The molecule has 0 aliphatic carbocycles. The molecule has 0 spiro atoms. The molecule has 2 aromatic heterocycles. The van der Waals surface area contributed by atoms with Crippen LogP contribution in [-0.2, 0) is 4.79 Å². The first-order valence-electron chi connectivity index (χ1n) is 8.62. The van der Waals surface area contributed by atoms with Crippen LogP contribution in [0.15, 0.2) is 36.4 Å². The van der Waals surface area contributed by atoms with Crippen molar-refractivity contribution in [1.82, 2.24) is 24.8 Å². The van der Waals surface area contributed by atoms with Gasteiger partial charge in [-0.15, -0.1) is 0 Å². The van der Waals surface area contributed by atoms with Gasteiger partial charge >= 0.3 is 0 Å². The lowest BCUT2D eigenvalue weighted by molar-refractivity contribution is -0.128. The summed E-state index contributed by atoms with van der Waals surface area (Å²) < 4.78 is 15.3. The van der Waals surface area contributed by atoms with E-state index in [-0.39, 0.29) is 17.5 Å². The Bertz CT molecular complexity index is 1060. The van der Waals surface area contributed by atoms with Gasteiger partial charge in [0, 0.05) is 24.8 Å². The average molecular weight is 367 g/mol. The Kier molecular flexibility index (Phi) is 4.10. The number of rotatable bonds is 2. The summed E-state index contributed by atoms with van der Waals surface area (Å²) in [4.78, 5) is 31.5. The first kappa shape index (κ1) is 17.1. The molecule has 1 aliphatic rings. The summed E-state index contributed by atoms with van der Waals surface area (Å²) in [6.45, 7) is 4.34. The highest BCUT2D eigenvalue weighted by Crippen LogP contribution is 2.26. The molecule has 138 valence electrons. The van der Waals surface area contributed by atoms with Gasteiger partial charge in [-0.1, -0.05) is 12.1 Å². The van der Waals surface area contributed by atoms with Crippen LogP contribution in [0, 0.1) is 19.7 Å². The van der Waals surface area contributed by atoms with Crippen molar-refractivity contribution < 1.29 is 14.0 Å². The number of nitrogens with one attached hydrogen (secondary N) is 1. The SMILES string of the molecule is Cc1cc2nc(C(=O)N3CCNC(=O)[C@@H]3c3cccc(F)c3)cc(C)n2n1. The van der Waals surface area contributed by atoms with Crippen LogP contribution < -0.4 is 5.32 Å². The van der Waals surface area contributed by atoms with Crippen molar-refractivity contribution in [2.45, 2.75) is 19.9 Å². The number of carbonyl (C=O) groups excluding carboxylic acids is 2. The molecule has 27 heavy (non-hydrogen) atoms. The lowest BCUT2D eigenvalue weighted by Gasteiger charge is -2.35. The Hall–Kier alpha value is -3.29. The van der Waals surface area contributed by atoms with Gasteiger partial charge in [0.25, 0.3) is 5.91 Å². The molecular weight excluding hydrogens is 349 g/mol. The summed E-state index contributed by atoms with van der Waals surface area (Å²) in [5, 5.41) is 7.07. The van der Waals surface area contributed by atoms with Gasteiger partial charge < -0.3 is 10.2 Å². The van der Waals surface area contributed by atoms with Crippen LogP contribution in [-0.4, -0.2) is 44.4 Å². The largest absolute Gasteiger partial charge is 0.352 e. The minimum Gasteiger partial charge on any atom is -0.352 e. The number of piperazine rings is 1. The third kappa shape index (κ3) is 3.03. The predicted molar refractivity (Wildman–Crippen MR) is 95.6 cm³/mol. The first-order chi connectivity index (χ1) is 12.9. The molecule has 1 aliphatic heterocycles. The highest BCUT2D eigenvalue weighted by molar-refractivity contribution is 5.97. The van der Waals surface area contributed by atoms with Gasteiger partial charge in [-0.25, -0.2) is 13.9 Å². The van der Waals surface area contributed by atoms with E-state index in [4.69, 9.17) is 0 Å². The van der Waals surface area contributed by atoms with Gasteiger partial charge in [-0.05, 0) is 37.6 Å². The molecule has 2 amide bonds. The number of fused-ring (bicyclic) bond motifs is 1. The molecule has 0 saturated carbocycles. The first-order valence-corrected chi connectivity index (χ1v) is 8.62. The third-order valence-corrected chi connectivity index (χ3v) is 4.58. The van der Waals surface area contributed by atoms with E-state index >= 15 is 0 Å². The Balaban J connectivity index is 1.75. The summed E-state index contributed by atoms with van der Waals surface area (Å²) in [5.74, 6) is -1.16. The Labute approximate surface area is 154 Å². The smallest absolute Gasteiger partial charge is 0.273 e. The molecule has 3 heterocycles. The molecule has 0 radical (unpaired) electrons. The predicted octanol–water partition coefficient (Wildman–Crippen LogP) is 1.80. The molecule has 1 atom stereocenters. The monoisotopic (exact) mass is 367 g/mol. The average Bonchev–Trinajstić information content (AvgIpc) is 3.01. The number of nitrogens with zero attached hydrogens (tertiary/aromatic N) is 4. The molecule has 4 rings (SSSR count). The molecule has 1 aromatic carbocycles. The van der Waals surface area contributed by atoms with E-state index < -0.39 is 11.9 Å². The fourth-order valence-corrected chi connectivity index (χ4v) is 3.39. The molecule has 1 N–H and O–H groups in total. The van der Waals surface area contributed by atoms with Crippen LogP contribution >= 0.6 is 0 Å². The highest BCUT2D eigenvalue weighted by Gasteiger charge is 2.35. The fourth-order valence-electron chi connectivity index (χ4n) is 3.39. The Morgan fingerprint density at radius 2 is 2.07 bits per heavy atom. The van der Waals surface area contributed by atoms with Gasteiger partial charge in [-0.2, -0.15) is 5.10 Å². The van der Waals surface area contributed by atoms with Gasteiger partial charge in [0.05, 0.1) is 5.69 Å². The second-order valence-electron chi connectivity index (χ2n) is 6.59. The van der Waals surface area contributed by atoms with E-state index in [1.807, 2.05) is 13.8 Å². The zero-order chi connectivity index (χ0) is 19.1. The van der Waals surface area contributed by atoms with Crippen molar-refractivity contribution in [2.24, 2.45) is 0 Å². The van der Waals surface area contributed by atoms with Crippen LogP contribution in [0.3, 0.4) is 0 Å². The minimum absolute atomic E-state index is 0.232. The molecule has 0 bridgehead atoms. The zero-order valence-electron chi connectivity index (χ0n) is 14.9. The van der Waals surface area contributed by atoms with Gasteiger partial charge in [0.1, 0.15) is 17.6 Å². The summed E-state index contributed by atoms with van der Waals surface area (Å²) in [7, 11) is 0. The van der Waals surface area contributed by atoms with Crippen molar-refractivity contribution in [3.05, 3.63) is 64.9 Å². The molecular formula is C19H18FN5O2. The standard InChI is InChI=1S/C19H18FN5O2/c1-11-8-16-22-15(9-12(2)25(16)23-11)19(27)24-7-6-21-18(26)17(24)13-4-3-5-14(20)10-13/h3-5,8-10,17H,6-7H2,1-2H3,(H,21,26)/t17-/m0/s1. The summed E-state index contributed by atoms with van der Waals surface area (Å²) in [6, 6.07) is 8.29. The van der Waals surface area contributed by atoms with E-state index in [1.165, 1.54) is 23.1 Å². The third-order valence-electron chi connectivity index (χ3n) is 4.58. The molecule has 3 aromatic rings. The zero-order valence-corrected chi connectivity index (χ0v) is 14.9. The normalized spacial score (nSPS) is 17.2. The number of aryl methyl sites for hydroxylation is 2. The van der Waals surface area contributed by atoms with E-state index in [0.29, 0.717) is 24.3 Å². The summed E-state index contributed by atoms with van der Waals surface area (Å²) in [5.41, 5.74) is 2.79. The van der Waals surface area contributed by atoms with Crippen LogP contribution in [0.25, 0.3) is 5.65 Å². The van der Waals surface area contributed by atoms with Crippen LogP contribution in [0.5, 0.6) is 0 Å². The van der Waals surface area contributed by atoms with Gasteiger partial charge in [0.15, 0.2) is 5.65 Å². The molecule has 1 fully saturated rings. The maximum Gasteiger partial charge on any atom is 0.273 e. The highest BCUT2D eigenvalue weighted by atomic mass is 19.1. The number of hydrogen-bond donors (Lipinski definition) is 1. The van der Waals surface area contributed by atoms with Gasteiger partial charge in [0.2, 0.25) is 5.91 Å². The topological polar surface area (TPSA) is 79.6 Å². The lowest BCUT2D eigenvalue weighted by atomic mass is 10.0. The van der Waals surface area contributed by atoms with Crippen LogP contribution in [0.2, 0.25) is 0 Å². The van der Waals surface area contributed by atoms with Crippen molar-refractivity contribution in [3.8, 4) is 0 Å². The molecule has 7 nitrogen and oxygen atoms in total. The number of hydrogen-bond acceptors (Lipinski definition) is 4. The Morgan fingerprint density at radius 3 is 2.85 bits per heavy atom. The number of benzene rings is 1. The van der Waals surface area contributed by atoms with Crippen molar-refractivity contribution >= 4 is 17.5 Å². The van der Waals surface area contributed by atoms with Crippen LogP contribution in [0.1, 0.15) is 33.5 Å². The van der Waals surface area contributed by atoms with E-state index in [1.54, 1.807) is 22.7 Å². The van der Waals surface area contributed by atoms with Crippen molar-refractivity contribution in [1.29, 1.82) is 0 Å². The fraction of sp³-hybridized carbons (Fsp3) is 0.263. The van der Waals surface area contributed by atoms with Crippen molar-refractivity contribution in [2.75, 3.05) is 13.1 Å². The second-order valence-corrected chi connectivity index (χ2v) is 6.59. The van der Waals surface area contributed by atoms with E-state index in [9.17, 15) is 14.0 Å². The van der Waals surface area contributed by atoms with Gasteiger partial charge in [-0.3, -0.25) is 9.59 Å². The molecule has 1 saturated heterocycles. The summed E-state index contributed by atoms with van der Waals surface area (Å²) >= 11 is 0. The number of amides is 2. The number of aromatic nitrogens is 3. The summed E-state index contributed by atoms with van der Waals surface area (Å²) in [6.07, 6.45) is 0. The molecule has 8 heteroatoms. The number of carbonyl (C=O) groups is 2. The molecule has 0 unspecified atom stereocenters. The van der Waals surface area contributed by atoms with E-state index in [0.717, 1.165) is 11.4 Å². The lowest BCUT2D eigenvalue weighted by Crippen LogP contribution is -2.52. The quantitative estimate of drug-likeness (QED) is 0.749. The maximum atomic E-state index is 13.7. The maximum absolute atomic E-state index is 13.7. The van der Waals surface area contributed by atoms with Crippen LogP contribution in [0.4, 0.5) is 4.39 Å². The second kappa shape index (κ2) is 6.46. The van der Waals surface area contributed by atoms with Crippen molar-refractivity contribution in [3.63, 3.8) is 0 Å². The Morgan fingerprint density at radius 1 is 1.26 bits per heavy atom. The van der Waals surface area contributed by atoms with E-state index in [2.05, 4.69) is 15.4 Å².